The van der Waals surface area contributed by atoms with Gasteiger partial charge in [-0.25, -0.2) is 0 Å². The standard InChI is InChI=1S/C14H17BrN2O/c1-4-10-5-7-11(8-6-10)14(2,18)13-12(15)9-16-17(13)3/h5-9,18H,4H2,1-3H3. The Morgan fingerprint density at radius 1 is 1.33 bits per heavy atom. The second kappa shape index (κ2) is 4.86. The molecule has 1 unspecified atom stereocenters. The minimum atomic E-state index is -1.06. The SMILES string of the molecule is CCc1ccc(C(C)(O)c2c(Br)cnn2C)cc1. The number of aromatic nitrogens is 2. The zero-order valence-corrected chi connectivity index (χ0v) is 12.4. The lowest BCUT2D eigenvalue weighted by atomic mass is 9.91. The van der Waals surface area contributed by atoms with Gasteiger partial charge in [0.25, 0.3) is 0 Å². The van der Waals surface area contributed by atoms with Crippen LogP contribution in [0.4, 0.5) is 0 Å². The lowest BCUT2D eigenvalue weighted by Crippen LogP contribution is -2.26. The van der Waals surface area contributed by atoms with E-state index in [1.54, 1.807) is 17.8 Å². The quantitative estimate of drug-likeness (QED) is 0.946. The number of aliphatic hydroxyl groups is 1. The highest BCUT2D eigenvalue weighted by Gasteiger charge is 2.31. The highest BCUT2D eigenvalue weighted by molar-refractivity contribution is 9.10. The van der Waals surface area contributed by atoms with Crippen LogP contribution in [-0.4, -0.2) is 14.9 Å². The van der Waals surface area contributed by atoms with Crippen molar-refractivity contribution in [2.24, 2.45) is 7.05 Å². The van der Waals surface area contributed by atoms with Crippen molar-refractivity contribution >= 4 is 15.9 Å². The molecule has 1 aromatic heterocycles. The Kier molecular flexibility index (Phi) is 3.59. The van der Waals surface area contributed by atoms with Gasteiger partial charge in [-0.2, -0.15) is 5.10 Å². The molecule has 0 radical (unpaired) electrons. The zero-order chi connectivity index (χ0) is 13.3. The van der Waals surface area contributed by atoms with Crippen LogP contribution in [0.1, 0.15) is 30.7 Å². The normalized spacial score (nSPS) is 14.5. The van der Waals surface area contributed by atoms with E-state index in [9.17, 15) is 5.11 Å². The molecule has 0 saturated heterocycles. The third-order valence-corrected chi connectivity index (χ3v) is 3.86. The molecular formula is C14H17BrN2O. The van der Waals surface area contributed by atoms with Crippen LogP contribution >= 0.6 is 15.9 Å². The molecule has 0 saturated carbocycles. The summed E-state index contributed by atoms with van der Waals surface area (Å²) in [6.07, 6.45) is 2.70. The zero-order valence-electron chi connectivity index (χ0n) is 10.8. The molecule has 3 nitrogen and oxygen atoms in total. The van der Waals surface area contributed by atoms with Gasteiger partial charge in [0.2, 0.25) is 0 Å². The van der Waals surface area contributed by atoms with Crippen molar-refractivity contribution in [1.82, 2.24) is 9.78 Å². The van der Waals surface area contributed by atoms with Crippen LogP contribution in [0.3, 0.4) is 0 Å². The third kappa shape index (κ3) is 2.22. The van der Waals surface area contributed by atoms with Gasteiger partial charge in [0.05, 0.1) is 16.4 Å². The number of benzene rings is 1. The van der Waals surface area contributed by atoms with Crippen molar-refractivity contribution in [3.8, 4) is 0 Å². The maximum atomic E-state index is 10.8. The van der Waals surface area contributed by atoms with Crippen LogP contribution < -0.4 is 0 Å². The Morgan fingerprint density at radius 3 is 2.39 bits per heavy atom. The summed E-state index contributed by atoms with van der Waals surface area (Å²) in [5, 5.41) is 14.9. The van der Waals surface area contributed by atoms with Crippen molar-refractivity contribution < 1.29 is 5.11 Å². The summed E-state index contributed by atoms with van der Waals surface area (Å²) in [5.74, 6) is 0. The summed E-state index contributed by atoms with van der Waals surface area (Å²) in [7, 11) is 1.83. The molecule has 18 heavy (non-hydrogen) atoms. The van der Waals surface area contributed by atoms with Crippen LogP contribution in [0.25, 0.3) is 0 Å². The Balaban J connectivity index is 2.47. The largest absolute Gasteiger partial charge is 0.379 e. The van der Waals surface area contributed by atoms with Gasteiger partial charge in [-0.15, -0.1) is 0 Å². The van der Waals surface area contributed by atoms with Crippen LogP contribution in [-0.2, 0) is 19.1 Å². The van der Waals surface area contributed by atoms with Gasteiger partial charge in [-0.3, -0.25) is 4.68 Å². The second-order valence-corrected chi connectivity index (χ2v) is 5.44. The number of hydrogen-bond acceptors (Lipinski definition) is 2. The predicted octanol–water partition coefficient (Wildman–Crippen LogP) is 3.00. The fraction of sp³-hybridized carbons (Fsp3) is 0.357. The van der Waals surface area contributed by atoms with E-state index < -0.39 is 5.60 Å². The Morgan fingerprint density at radius 2 is 1.94 bits per heavy atom. The van der Waals surface area contributed by atoms with Crippen molar-refractivity contribution in [1.29, 1.82) is 0 Å². The van der Waals surface area contributed by atoms with Gasteiger partial charge in [-0.1, -0.05) is 31.2 Å². The van der Waals surface area contributed by atoms with Gasteiger partial charge in [0, 0.05) is 7.05 Å². The highest BCUT2D eigenvalue weighted by atomic mass is 79.9. The van der Waals surface area contributed by atoms with E-state index in [1.165, 1.54) is 5.56 Å². The summed E-state index contributed by atoms with van der Waals surface area (Å²) in [4.78, 5) is 0. The number of hydrogen-bond donors (Lipinski definition) is 1. The molecule has 0 bridgehead atoms. The minimum absolute atomic E-state index is 0.756. The van der Waals surface area contributed by atoms with E-state index in [-0.39, 0.29) is 0 Å². The molecular weight excluding hydrogens is 292 g/mol. The molecule has 0 amide bonds. The molecule has 0 aliphatic carbocycles. The molecule has 2 rings (SSSR count). The molecule has 2 aromatic rings. The summed E-state index contributed by atoms with van der Waals surface area (Å²) in [6.45, 7) is 3.90. The summed E-state index contributed by atoms with van der Waals surface area (Å²) in [6, 6.07) is 8.04. The van der Waals surface area contributed by atoms with Gasteiger partial charge in [0.15, 0.2) is 0 Å². The van der Waals surface area contributed by atoms with Gasteiger partial charge in [0.1, 0.15) is 5.60 Å². The monoisotopic (exact) mass is 308 g/mol. The minimum Gasteiger partial charge on any atom is -0.379 e. The van der Waals surface area contributed by atoms with Gasteiger partial charge < -0.3 is 5.11 Å². The van der Waals surface area contributed by atoms with E-state index >= 15 is 0 Å². The van der Waals surface area contributed by atoms with Crippen LogP contribution in [0.15, 0.2) is 34.9 Å². The summed E-state index contributed by atoms with van der Waals surface area (Å²) in [5.41, 5.74) is 1.82. The van der Waals surface area contributed by atoms with Gasteiger partial charge >= 0.3 is 0 Å². The molecule has 0 aliphatic rings. The molecule has 0 fully saturated rings. The van der Waals surface area contributed by atoms with Crippen molar-refractivity contribution in [3.63, 3.8) is 0 Å². The number of nitrogens with zero attached hydrogens (tertiary/aromatic N) is 2. The van der Waals surface area contributed by atoms with E-state index in [0.717, 1.165) is 22.2 Å². The van der Waals surface area contributed by atoms with E-state index in [1.807, 2.05) is 31.3 Å². The van der Waals surface area contributed by atoms with Crippen LogP contribution in [0, 0.1) is 0 Å². The smallest absolute Gasteiger partial charge is 0.129 e. The first kappa shape index (κ1) is 13.3. The van der Waals surface area contributed by atoms with Crippen LogP contribution in [0.5, 0.6) is 0 Å². The lowest BCUT2D eigenvalue weighted by Gasteiger charge is -2.25. The number of aryl methyl sites for hydroxylation is 2. The van der Waals surface area contributed by atoms with Crippen molar-refractivity contribution in [2.45, 2.75) is 25.9 Å². The molecule has 1 heterocycles. The second-order valence-electron chi connectivity index (χ2n) is 4.59. The van der Waals surface area contributed by atoms with Crippen molar-refractivity contribution in [2.75, 3.05) is 0 Å². The average Bonchev–Trinajstić information content (AvgIpc) is 2.69. The fourth-order valence-electron chi connectivity index (χ4n) is 2.16. The molecule has 1 atom stereocenters. The first-order chi connectivity index (χ1) is 8.46. The Hall–Kier alpha value is -1.13. The maximum absolute atomic E-state index is 10.8. The molecule has 0 spiro atoms. The van der Waals surface area contributed by atoms with Crippen LogP contribution in [0.2, 0.25) is 0 Å². The summed E-state index contributed by atoms with van der Waals surface area (Å²) < 4.78 is 2.51. The fourth-order valence-corrected chi connectivity index (χ4v) is 2.89. The van der Waals surface area contributed by atoms with E-state index in [2.05, 4.69) is 28.0 Å². The topological polar surface area (TPSA) is 38.1 Å². The molecule has 4 heteroatoms. The number of halogens is 1. The van der Waals surface area contributed by atoms with E-state index in [4.69, 9.17) is 0 Å². The molecule has 0 aliphatic heterocycles. The lowest BCUT2D eigenvalue weighted by molar-refractivity contribution is 0.0921. The third-order valence-electron chi connectivity index (χ3n) is 3.28. The Labute approximate surface area is 116 Å². The van der Waals surface area contributed by atoms with E-state index in [0.29, 0.717) is 0 Å². The first-order valence-corrected chi connectivity index (χ1v) is 6.76. The predicted molar refractivity (Wildman–Crippen MR) is 75.4 cm³/mol. The molecule has 1 N–H and O–H groups in total. The average molecular weight is 309 g/mol. The highest BCUT2D eigenvalue weighted by Crippen LogP contribution is 2.33. The first-order valence-electron chi connectivity index (χ1n) is 5.96. The molecule has 1 aromatic carbocycles. The van der Waals surface area contributed by atoms with Gasteiger partial charge in [-0.05, 0) is 40.4 Å². The number of rotatable bonds is 3. The Bertz CT molecular complexity index is 524. The molecule has 96 valence electrons. The maximum Gasteiger partial charge on any atom is 0.129 e. The van der Waals surface area contributed by atoms with Crippen molar-refractivity contribution in [3.05, 3.63) is 51.8 Å². The summed E-state index contributed by atoms with van der Waals surface area (Å²) >= 11 is 3.44.